The highest BCUT2D eigenvalue weighted by atomic mass is 17.2. The van der Waals surface area contributed by atoms with Crippen LogP contribution >= 0.6 is 0 Å². The molecule has 0 saturated carbocycles. The first kappa shape index (κ1) is 84.5. The number of esters is 3. The van der Waals surface area contributed by atoms with Gasteiger partial charge in [-0.05, 0) is 51.4 Å². The average molecular weight is 1280 g/mol. The van der Waals surface area contributed by atoms with E-state index < -0.39 is 103 Å². The lowest BCUT2D eigenvalue weighted by Gasteiger charge is -2.56. The zero-order chi connectivity index (χ0) is 66.4. The van der Waals surface area contributed by atoms with Gasteiger partial charge in [0.25, 0.3) is 5.60 Å². The van der Waals surface area contributed by atoms with Crippen LogP contribution in [-0.4, -0.2) is 109 Å². The van der Waals surface area contributed by atoms with Crippen LogP contribution < -0.4 is 0 Å². The number of aliphatic hydroxyl groups is 5. The van der Waals surface area contributed by atoms with Crippen LogP contribution in [0.25, 0.3) is 0 Å². The van der Waals surface area contributed by atoms with Gasteiger partial charge in [-0.15, -0.1) is 0 Å². The van der Waals surface area contributed by atoms with Gasteiger partial charge in [-0.2, -0.15) is 0 Å². The van der Waals surface area contributed by atoms with Gasteiger partial charge >= 0.3 is 35.6 Å². The van der Waals surface area contributed by atoms with Crippen molar-refractivity contribution < 1.29 is 83.0 Å². The predicted molar refractivity (Wildman–Crippen MR) is 353 cm³/mol. The van der Waals surface area contributed by atoms with Gasteiger partial charge in [0.2, 0.25) is 11.6 Å². The van der Waals surface area contributed by atoms with Crippen molar-refractivity contribution in [1.29, 1.82) is 0 Å². The zero-order valence-electron chi connectivity index (χ0n) is 57.6. The number of unbranched alkanes of at least 4 members (excludes halogenated alkanes) is 43. The van der Waals surface area contributed by atoms with Gasteiger partial charge in [0.1, 0.15) is 24.4 Å². The Balaban J connectivity index is 3.83. The van der Waals surface area contributed by atoms with E-state index in [9.17, 15) is 49.5 Å². The van der Waals surface area contributed by atoms with Crippen molar-refractivity contribution in [2.24, 2.45) is 0 Å². The highest BCUT2D eigenvalue weighted by Crippen LogP contribution is 2.51. The van der Waals surface area contributed by atoms with Gasteiger partial charge in [0, 0.05) is 26.2 Å². The SMILES string of the molecule is CCCCCCCC/C=C\CCCCCC(OC(=O)C(C)=O)(C(OC(=O)CCCCCCCCCCC)(OC(=O)CCCCCCCCCCCCCCC)C(=O)OOC(=O)CCCCCCCCCCCCCCCCC)C1(O)O[C@H](CO)[C@@H](O)[C@H](O)[C@H]1O. The van der Waals surface area contributed by atoms with Crippen LogP contribution in [0.4, 0.5) is 0 Å². The van der Waals surface area contributed by atoms with Gasteiger partial charge < -0.3 is 44.5 Å². The first-order chi connectivity index (χ1) is 43.6. The molecule has 526 valence electrons. The molecule has 1 fully saturated rings. The van der Waals surface area contributed by atoms with Gasteiger partial charge in [-0.25, -0.2) is 24.2 Å². The molecule has 0 bridgehead atoms. The monoisotopic (exact) mass is 1280 g/mol. The summed E-state index contributed by atoms with van der Waals surface area (Å²) < 4.78 is 24.0. The largest absolute Gasteiger partial charge is 0.444 e. The predicted octanol–water partition coefficient (Wildman–Crippen LogP) is 16.7. The minimum Gasteiger partial charge on any atom is -0.438 e. The van der Waals surface area contributed by atoms with Crippen LogP contribution in [0.5, 0.6) is 0 Å². The highest BCUT2D eigenvalue weighted by molar-refractivity contribution is 6.32. The van der Waals surface area contributed by atoms with Crippen molar-refractivity contribution in [2.45, 2.75) is 410 Å². The Morgan fingerprint density at radius 2 is 0.722 bits per heavy atom. The normalized spacial score (nSPS) is 18.9. The molecular formula is C73H132O17. The van der Waals surface area contributed by atoms with Crippen molar-refractivity contribution in [3.8, 4) is 0 Å². The van der Waals surface area contributed by atoms with Crippen LogP contribution in [-0.2, 0) is 57.5 Å². The van der Waals surface area contributed by atoms with E-state index in [2.05, 4.69) is 33.8 Å². The van der Waals surface area contributed by atoms with E-state index in [1.165, 1.54) is 109 Å². The maximum atomic E-state index is 15.5. The van der Waals surface area contributed by atoms with E-state index >= 15 is 4.79 Å². The van der Waals surface area contributed by atoms with Crippen LogP contribution in [0.3, 0.4) is 0 Å². The summed E-state index contributed by atoms with van der Waals surface area (Å²) in [5.41, 5.74) is -3.62. The number of hydrogen-bond acceptors (Lipinski definition) is 17. The summed E-state index contributed by atoms with van der Waals surface area (Å²) >= 11 is 0. The lowest BCUT2D eigenvalue weighted by Crippen LogP contribution is -2.82. The van der Waals surface area contributed by atoms with E-state index in [0.29, 0.717) is 38.5 Å². The summed E-state index contributed by atoms with van der Waals surface area (Å²) in [6.45, 7) is 8.40. The maximum Gasteiger partial charge on any atom is 0.444 e. The molecule has 17 heteroatoms. The second-order valence-corrected chi connectivity index (χ2v) is 26.0. The summed E-state index contributed by atoms with van der Waals surface area (Å²) in [7, 11) is 0. The Hall–Kier alpha value is -3.48. The van der Waals surface area contributed by atoms with Crippen LogP contribution in [0.15, 0.2) is 12.2 Å². The lowest BCUT2D eigenvalue weighted by atomic mass is 9.72. The number of carbonyl (C=O) groups is 6. The van der Waals surface area contributed by atoms with E-state index in [0.717, 1.165) is 142 Å². The highest BCUT2D eigenvalue weighted by Gasteiger charge is 2.81. The van der Waals surface area contributed by atoms with Crippen molar-refractivity contribution in [3.05, 3.63) is 12.2 Å². The van der Waals surface area contributed by atoms with Crippen molar-refractivity contribution in [1.82, 2.24) is 0 Å². The van der Waals surface area contributed by atoms with E-state index in [1.54, 1.807) is 0 Å². The second-order valence-electron chi connectivity index (χ2n) is 26.0. The molecule has 5 N–H and O–H groups in total. The molecule has 3 unspecified atom stereocenters. The molecule has 1 aliphatic heterocycles. The van der Waals surface area contributed by atoms with E-state index in [1.807, 2.05) is 6.08 Å². The molecule has 0 spiro atoms. The number of allylic oxidation sites excluding steroid dienone is 2. The molecular weight excluding hydrogens is 1150 g/mol. The summed E-state index contributed by atoms with van der Waals surface area (Å²) in [6, 6.07) is 0. The third-order valence-electron chi connectivity index (χ3n) is 17.9. The standard InChI is InChI=1S/C73H132O17/c1-6-10-14-18-22-26-29-32-33-35-38-42-46-50-54-58-65(78)89-90-70(83)73(86-63(76)56-52-48-44-40-25-21-17-13-9-4,87-64(77)57-53-49-45-41-37-34-30-27-23-19-15-11-7-2)71(88-69(82)61(5)75,72(84)68(81)67(80)66(79)62(60-74)85-72)59-55-51-47-43-39-36-31-28-24-20-16-12-8-3/h36,39,62,66-68,74,79-81,84H,6-35,37-38,40-60H2,1-5H3/b39-36-/t62-,66-,67+,68-,71?,72?,73?/m1/s1. The number of hydrogen-bond donors (Lipinski definition) is 5. The molecule has 0 aliphatic carbocycles. The topological polar surface area (TPSA) is 259 Å². The molecule has 1 saturated heterocycles. The molecule has 17 nitrogen and oxygen atoms in total. The lowest BCUT2D eigenvalue weighted by molar-refractivity contribution is -0.442. The smallest absolute Gasteiger partial charge is 0.438 e. The Morgan fingerprint density at radius 1 is 0.411 bits per heavy atom. The Labute approximate surface area is 545 Å². The Bertz CT molecular complexity index is 1860. The number of rotatable bonds is 61. The van der Waals surface area contributed by atoms with Crippen molar-refractivity contribution in [2.75, 3.05) is 6.61 Å². The molecule has 0 aromatic carbocycles. The fraction of sp³-hybridized carbons (Fsp3) is 0.890. The van der Waals surface area contributed by atoms with E-state index in [4.69, 9.17) is 28.7 Å². The minimum absolute atomic E-state index is 0.188. The Morgan fingerprint density at radius 3 is 1.06 bits per heavy atom. The molecule has 0 amide bonds. The summed E-state index contributed by atoms with van der Waals surface area (Å²) in [5.74, 6) is -16.4. The van der Waals surface area contributed by atoms with Crippen LogP contribution in [0, 0.1) is 0 Å². The third-order valence-corrected chi connectivity index (χ3v) is 17.9. The van der Waals surface area contributed by atoms with Crippen molar-refractivity contribution >= 4 is 35.6 Å². The maximum absolute atomic E-state index is 15.5. The fourth-order valence-corrected chi connectivity index (χ4v) is 12.1. The molecule has 1 aliphatic rings. The van der Waals surface area contributed by atoms with Gasteiger partial charge in [-0.3, -0.25) is 14.4 Å². The van der Waals surface area contributed by atoms with Gasteiger partial charge in [0.15, 0.2) is 0 Å². The molecule has 0 radical (unpaired) electrons. The summed E-state index contributed by atoms with van der Waals surface area (Å²) in [6.07, 6.45) is 38.5. The fourth-order valence-electron chi connectivity index (χ4n) is 12.1. The third kappa shape index (κ3) is 35.7. The first-order valence-corrected chi connectivity index (χ1v) is 36.9. The van der Waals surface area contributed by atoms with Crippen molar-refractivity contribution in [3.63, 3.8) is 0 Å². The number of aliphatic hydroxyl groups excluding tert-OH is 4. The average Bonchev–Trinajstić information content (AvgIpc) is 0.710. The molecule has 1 rings (SSSR count). The zero-order valence-corrected chi connectivity index (χ0v) is 57.6. The minimum atomic E-state index is -3.92. The molecule has 0 aromatic heterocycles. The second kappa shape index (κ2) is 54.9. The molecule has 7 atom stereocenters. The summed E-state index contributed by atoms with van der Waals surface area (Å²) in [4.78, 5) is 96.2. The molecule has 0 aromatic rings. The quantitative estimate of drug-likeness (QED) is 0.00721. The van der Waals surface area contributed by atoms with E-state index in [-0.39, 0.29) is 32.1 Å². The Kier molecular flexibility index (Phi) is 51.5. The molecule has 1 heterocycles. The van der Waals surface area contributed by atoms with Gasteiger partial charge in [-0.1, -0.05) is 297 Å². The van der Waals surface area contributed by atoms with Crippen LogP contribution in [0.2, 0.25) is 0 Å². The first-order valence-electron chi connectivity index (χ1n) is 36.9. The van der Waals surface area contributed by atoms with Crippen LogP contribution in [0.1, 0.15) is 369 Å². The molecule has 90 heavy (non-hydrogen) atoms. The number of Topliss-reactive ketones (excluding diaryl/α,β-unsaturated/α-hetero) is 1. The number of ketones is 1. The van der Waals surface area contributed by atoms with Gasteiger partial charge in [0.05, 0.1) is 13.0 Å². The summed E-state index contributed by atoms with van der Waals surface area (Å²) in [5, 5.41) is 58.6. The number of carbonyl (C=O) groups excluding carboxylic acids is 6. The number of ether oxygens (including phenoxy) is 4.